The monoisotopic (exact) mass is 363 g/mol. The Balaban J connectivity index is 1.48. The number of rotatable bonds is 1. The number of amides is 1. The Bertz CT molecular complexity index is 829. The molecular weight excluding hydrogens is 334 g/mol. The van der Waals surface area contributed by atoms with Gasteiger partial charge in [-0.25, -0.2) is 9.97 Å². The van der Waals surface area contributed by atoms with Crippen LogP contribution in [0, 0.1) is 28.6 Å². The lowest BCUT2D eigenvalue weighted by atomic mass is 9.47. The summed E-state index contributed by atoms with van der Waals surface area (Å²) in [6.45, 7) is 5.73. The maximum absolute atomic E-state index is 12.1. The first-order chi connectivity index (χ1) is 13.0. The lowest BCUT2D eigenvalue weighted by Gasteiger charge is -2.57. The van der Waals surface area contributed by atoms with Crippen LogP contribution in [0.25, 0.3) is 5.57 Å². The molecule has 3 aliphatic carbocycles. The second kappa shape index (κ2) is 6.02. The fourth-order valence-corrected chi connectivity index (χ4v) is 7.02. The maximum Gasteiger partial charge on any atom is 0.243 e. The standard InChI is InChI=1S/C23H29N3O/c1-22-9-10-26-21(27)11-16(22)3-4-17-19-6-5-18(15-12-24-14-25-13-15)23(19,2)8-7-20(17)22/h5,11-14,17,19-20H,3-4,6-10H2,1-2H3,(H,26,27)/t17-,19?,20-,22-,23+/m0/s1. The SMILES string of the molecule is C[C@]12CCNC(=O)C=C1CC[C@H]1C3CC=C(c4cncnc4)[C@@]3(C)CC[C@@H]12. The largest absolute Gasteiger partial charge is 0.353 e. The minimum absolute atomic E-state index is 0.113. The van der Waals surface area contributed by atoms with Crippen LogP contribution in [0.15, 0.2) is 36.4 Å². The predicted octanol–water partition coefficient (Wildman–Crippen LogP) is 4.16. The van der Waals surface area contributed by atoms with Gasteiger partial charge in [0, 0.05) is 30.6 Å². The summed E-state index contributed by atoms with van der Waals surface area (Å²) in [6, 6.07) is 0. The molecule has 4 aliphatic rings. The van der Waals surface area contributed by atoms with Gasteiger partial charge >= 0.3 is 0 Å². The van der Waals surface area contributed by atoms with Crippen molar-refractivity contribution < 1.29 is 4.79 Å². The van der Waals surface area contributed by atoms with Crippen LogP contribution in [-0.4, -0.2) is 22.4 Å². The van der Waals surface area contributed by atoms with E-state index < -0.39 is 0 Å². The summed E-state index contributed by atoms with van der Waals surface area (Å²) in [5.41, 5.74) is 4.50. The first kappa shape index (κ1) is 17.2. The topological polar surface area (TPSA) is 54.9 Å². The van der Waals surface area contributed by atoms with Gasteiger partial charge in [0.2, 0.25) is 5.91 Å². The highest BCUT2D eigenvalue weighted by Crippen LogP contribution is 2.66. The molecule has 0 spiro atoms. The molecule has 1 N–H and O–H groups in total. The molecule has 4 nitrogen and oxygen atoms in total. The van der Waals surface area contributed by atoms with Crippen LogP contribution in [0.5, 0.6) is 0 Å². The Morgan fingerprint density at radius 1 is 1.07 bits per heavy atom. The summed E-state index contributed by atoms with van der Waals surface area (Å²) in [7, 11) is 0. The molecule has 2 saturated carbocycles. The Labute approximate surface area is 161 Å². The molecule has 5 atom stereocenters. The van der Waals surface area contributed by atoms with Crippen molar-refractivity contribution in [1.82, 2.24) is 15.3 Å². The quantitative estimate of drug-likeness (QED) is 0.815. The number of aromatic nitrogens is 2. The smallest absolute Gasteiger partial charge is 0.243 e. The van der Waals surface area contributed by atoms with Crippen molar-refractivity contribution in [2.75, 3.05) is 6.54 Å². The molecule has 0 saturated heterocycles. The molecular formula is C23H29N3O. The molecule has 142 valence electrons. The zero-order chi connectivity index (χ0) is 18.6. The van der Waals surface area contributed by atoms with Gasteiger partial charge in [0.25, 0.3) is 0 Å². The Kier molecular flexibility index (Phi) is 3.82. The molecule has 0 aromatic carbocycles. The van der Waals surface area contributed by atoms with Crippen molar-refractivity contribution in [2.45, 2.75) is 52.4 Å². The molecule has 1 unspecified atom stereocenters. The van der Waals surface area contributed by atoms with E-state index >= 15 is 0 Å². The predicted molar refractivity (Wildman–Crippen MR) is 105 cm³/mol. The lowest BCUT2D eigenvalue weighted by Crippen LogP contribution is -2.49. The van der Waals surface area contributed by atoms with Gasteiger partial charge in [0.1, 0.15) is 6.33 Å². The van der Waals surface area contributed by atoms with Gasteiger partial charge in [-0.15, -0.1) is 0 Å². The fourth-order valence-electron chi connectivity index (χ4n) is 7.02. The van der Waals surface area contributed by atoms with E-state index in [0.29, 0.717) is 11.8 Å². The second-order valence-corrected chi connectivity index (χ2v) is 9.48. The number of carbonyl (C=O) groups excluding carboxylic acids is 1. The van der Waals surface area contributed by atoms with Crippen LogP contribution in [0.3, 0.4) is 0 Å². The third-order valence-corrected chi connectivity index (χ3v) is 8.44. The van der Waals surface area contributed by atoms with Crippen molar-refractivity contribution in [3.8, 4) is 0 Å². The number of nitrogens with zero attached hydrogens (tertiary/aromatic N) is 2. The highest BCUT2D eigenvalue weighted by molar-refractivity contribution is 5.88. The second-order valence-electron chi connectivity index (χ2n) is 9.48. The van der Waals surface area contributed by atoms with E-state index in [1.165, 1.54) is 42.4 Å². The normalized spacial score (nSPS) is 40.7. The van der Waals surface area contributed by atoms with Crippen LogP contribution in [0.1, 0.15) is 57.9 Å². The van der Waals surface area contributed by atoms with E-state index in [1.54, 1.807) is 6.33 Å². The van der Waals surface area contributed by atoms with Crippen LogP contribution < -0.4 is 5.32 Å². The molecule has 0 radical (unpaired) electrons. The van der Waals surface area contributed by atoms with Gasteiger partial charge in [0.05, 0.1) is 0 Å². The van der Waals surface area contributed by atoms with Crippen LogP contribution in [-0.2, 0) is 4.79 Å². The first-order valence-corrected chi connectivity index (χ1v) is 10.5. The van der Waals surface area contributed by atoms with Gasteiger partial charge in [-0.1, -0.05) is 25.5 Å². The Hall–Kier alpha value is -1.97. The summed E-state index contributed by atoms with van der Waals surface area (Å²) in [5.74, 6) is 2.26. The number of hydrogen-bond donors (Lipinski definition) is 1. The van der Waals surface area contributed by atoms with Crippen molar-refractivity contribution in [3.05, 3.63) is 42.0 Å². The molecule has 2 heterocycles. The van der Waals surface area contributed by atoms with E-state index in [9.17, 15) is 4.79 Å². The van der Waals surface area contributed by atoms with E-state index in [1.807, 2.05) is 18.5 Å². The summed E-state index contributed by atoms with van der Waals surface area (Å²) in [5, 5.41) is 3.06. The number of carbonyl (C=O) groups is 1. The number of fused-ring (bicyclic) bond motifs is 5. The molecule has 2 fully saturated rings. The zero-order valence-electron chi connectivity index (χ0n) is 16.4. The fraction of sp³-hybridized carbons (Fsp3) is 0.609. The highest BCUT2D eigenvalue weighted by Gasteiger charge is 2.56. The van der Waals surface area contributed by atoms with Crippen molar-refractivity contribution in [2.24, 2.45) is 28.6 Å². The molecule has 1 aliphatic heterocycles. The van der Waals surface area contributed by atoms with E-state index in [4.69, 9.17) is 0 Å². The molecule has 5 rings (SSSR count). The van der Waals surface area contributed by atoms with Gasteiger partial charge in [-0.2, -0.15) is 0 Å². The summed E-state index contributed by atoms with van der Waals surface area (Å²) in [6.07, 6.45) is 17.0. The maximum atomic E-state index is 12.1. The Morgan fingerprint density at radius 2 is 1.89 bits per heavy atom. The molecule has 0 bridgehead atoms. The van der Waals surface area contributed by atoms with Crippen LogP contribution in [0.4, 0.5) is 0 Å². The van der Waals surface area contributed by atoms with Gasteiger partial charge < -0.3 is 5.32 Å². The van der Waals surface area contributed by atoms with E-state index in [-0.39, 0.29) is 16.7 Å². The molecule has 1 aromatic rings. The Morgan fingerprint density at radius 3 is 2.70 bits per heavy atom. The third-order valence-electron chi connectivity index (χ3n) is 8.44. The zero-order valence-corrected chi connectivity index (χ0v) is 16.4. The average Bonchev–Trinajstić information content (AvgIpc) is 2.93. The third kappa shape index (κ3) is 2.45. The van der Waals surface area contributed by atoms with Gasteiger partial charge in [-0.3, -0.25) is 4.79 Å². The van der Waals surface area contributed by atoms with E-state index in [0.717, 1.165) is 25.3 Å². The van der Waals surface area contributed by atoms with Crippen LogP contribution in [0.2, 0.25) is 0 Å². The van der Waals surface area contributed by atoms with Crippen molar-refractivity contribution in [1.29, 1.82) is 0 Å². The van der Waals surface area contributed by atoms with E-state index in [2.05, 4.69) is 35.2 Å². The van der Waals surface area contributed by atoms with Crippen molar-refractivity contribution in [3.63, 3.8) is 0 Å². The number of hydrogen-bond acceptors (Lipinski definition) is 3. The van der Waals surface area contributed by atoms with Crippen molar-refractivity contribution >= 4 is 11.5 Å². The average molecular weight is 364 g/mol. The summed E-state index contributed by atoms with van der Waals surface area (Å²) in [4.78, 5) is 20.6. The minimum Gasteiger partial charge on any atom is -0.353 e. The minimum atomic E-state index is 0.113. The van der Waals surface area contributed by atoms with Gasteiger partial charge in [-0.05, 0) is 72.7 Å². The molecule has 1 aromatic heterocycles. The van der Waals surface area contributed by atoms with Gasteiger partial charge in [0.15, 0.2) is 0 Å². The number of allylic oxidation sites excluding steroid dienone is 3. The van der Waals surface area contributed by atoms with Crippen LogP contribution >= 0.6 is 0 Å². The summed E-state index contributed by atoms with van der Waals surface area (Å²) >= 11 is 0. The number of nitrogens with one attached hydrogen (secondary N) is 1. The summed E-state index contributed by atoms with van der Waals surface area (Å²) < 4.78 is 0. The highest BCUT2D eigenvalue weighted by atomic mass is 16.1. The first-order valence-electron chi connectivity index (χ1n) is 10.5. The molecule has 27 heavy (non-hydrogen) atoms. The lowest BCUT2D eigenvalue weighted by molar-refractivity contribution is -0.116. The molecule has 1 amide bonds. The molecule has 4 heteroatoms.